The van der Waals surface area contributed by atoms with Crippen molar-refractivity contribution in [1.82, 2.24) is 4.98 Å². The number of benzene rings is 2. The average molecular weight is 338 g/mol. The van der Waals surface area contributed by atoms with Crippen LogP contribution in [0.4, 0.5) is 5.13 Å². The minimum atomic E-state index is -0.401. The number of hydrogen-bond donors (Lipinski definition) is 1. The lowest BCUT2D eigenvalue weighted by Crippen LogP contribution is -2.07. The maximum Gasteiger partial charge on any atom is 0.337 e. The van der Waals surface area contributed by atoms with Gasteiger partial charge in [0.05, 0.1) is 22.9 Å². The molecule has 0 fully saturated rings. The van der Waals surface area contributed by atoms with Crippen molar-refractivity contribution in [2.75, 3.05) is 12.4 Å². The van der Waals surface area contributed by atoms with Gasteiger partial charge >= 0.3 is 5.97 Å². The number of aromatic nitrogens is 1. The summed E-state index contributed by atoms with van der Waals surface area (Å²) in [5.74, 6) is -0.659. The van der Waals surface area contributed by atoms with Gasteiger partial charge in [-0.15, -0.1) is 0 Å². The molecule has 6 heteroatoms. The van der Waals surface area contributed by atoms with Crippen molar-refractivity contribution in [3.05, 3.63) is 65.7 Å². The van der Waals surface area contributed by atoms with Gasteiger partial charge in [0.1, 0.15) is 0 Å². The molecule has 1 aromatic heterocycles. The van der Waals surface area contributed by atoms with E-state index in [0.717, 1.165) is 15.8 Å². The second kappa shape index (κ2) is 7.06. The predicted octanol–water partition coefficient (Wildman–Crippen LogP) is 3.73. The average Bonchev–Trinajstić information content (AvgIpc) is 3.01. The predicted molar refractivity (Wildman–Crippen MR) is 95.1 cm³/mol. The van der Waals surface area contributed by atoms with Gasteiger partial charge in [-0.05, 0) is 29.8 Å². The van der Waals surface area contributed by atoms with Crippen LogP contribution in [-0.4, -0.2) is 24.0 Å². The van der Waals surface area contributed by atoms with E-state index in [4.69, 9.17) is 4.74 Å². The molecule has 120 valence electrons. The Bertz CT molecular complexity index is 916. The minimum Gasteiger partial charge on any atom is -0.465 e. The summed E-state index contributed by atoms with van der Waals surface area (Å²) in [5, 5.41) is 3.21. The van der Waals surface area contributed by atoms with Crippen molar-refractivity contribution >= 4 is 44.6 Å². The van der Waals surface area contributed by atoms with Crippen molar-refractivity contribution in [3.63, 3.8) is 0 Å². The van der Waals surface area contributed by atoms with Crippen LogP contribution in [0.3, 0.4) is 0 Å². The standard InChI is InChI=1S/C18H14N2O3S/c1-23-17(22)13-8-9-14-15(11-13)24-18(19-14)20-16(21)10-7-12-5-3-2-4-6-12/h2-11H,1H3,(H,19,20,21). The van der Waals surface area contributed by atoms with Gasteiger partial charge in [0.25, 0.3) is 0 Å². The Balaban J connectivity index is 1.74. The molecule has 0 aliphatic rings. The van der Waals surface area contributed by atoms with E-state index in [9.17, 15) is 9.59 Å². The first kappa shape index (κ1) is 15.9. The highest BCUT2D eigenvalue weighted by Crippen LogP contribution is 2.27. The van der Waals surface area contributed by atoms with Crippen LogP contribution in [0.5, 0.6) is 0 Å². The van der Waals surface area contributed by atoms with Crippen LogP contribution < -0.4 is 5.32 Å². The third kappa shape index (κ3) is 3.67. The van der Waals surface area contributed by atoms with Gasteiger partial charge in [0, 0.05) is 6.08 Å². The van der Waals surface area contributed by atoms with Crippen LogP contribution in [-0.2, 0) is 9.53 Å². The number of nitrogens with zero attached hydrogens (tertiary/aromatic N) is 1. The summed E-state index contributed by atoms with van der Waals surface area (Å²) < 4.78 is 5.50. The number of carbonyl (C=O) groups excluding carboxylic acids is 2. The van der Waals surface area contributed by atoms with Gasteiger partial charge in [-0.25, -0.2) is 9.78 Å². The van der Waals surface area contributed by atoms with E-state index < -0.39 is 5.97 Å². The largest absolute Gasteiger partial charge is 0.465 e. The smallest absolute Gasteiger partial charge is 0.337 e. The van der Waals surface area contributed by atoms with Gasteiger partial charge in [-0.1, -0.05) is 41.7 Å². The summed E-state index contributed by atoms with van der Waals surface area (Å²) in [7, 11) is 1.34. The Morgan fingerprint density at radius 1 is 1.17 bits per heavy atom. The monoisotopic (exact) mass is 338 g/mol. The highest BCUT2D eigenvalue weighted by atomic mass is 32.1. The Kier molecular flexibility index (Phi) is 4.67. The molecule has 0 bridgehead atoms. The van der Waals surface area contributed by atoms with E-state index in [2.05, 4.69) is 10.3 Å². The van der Waals surface area contributed by atoms with Crippen molar-refractivity contribution in [2.24, 2.45) is 0 Å². The molecule has 5 nitrogen and oxygen atoms in total. The number of esters is 1. The number of methoxy groups -OCH3 is 1. The molecule has 1 N–H and O–H groups in total. The molecule has 0 aliphatic carbocycles. The Hall–Kier alpha value is -2.99. The van der Waals surface area contributed by atoms with Crippen LogP contribution in [0.2, 0.25) is 0 Å². The molecule has 24 heavy (non-hydrogen) atoms. The van der Waals surface area contributed by atoms with Crippen LogP contribution in [0, 0.1) is 0 Å². The summed E-state index contributed by atoms with van der Waals surface area (Å²) in [6, 6.07) is 14.6. The first-order chi connectivity index (χ1) is 11.7. The fraction of sp³-hybridized carbons (Fsp3) is 0.0556. The topological polar surface area (TPSA) is 68.3 Å². The molecular weight excluding hydrogens is 324 g/mol. The molecule has 0 aliphatic heterocycles. The third-order valence-electron chi connectivity index (χ3n) is 3.27. The van der Waals surface area contributed by atoms with Crippen LogP contribution >= 0.6 is 11.3 Å². The van der Waals surface area contributed by atoms with Crippen molar-refractivity contribution in [1.29, 1.82) is 0 Å². The molecule has 3 aromatic rings. The normalized spacial score (nSPS) is 10.9. The quantitative estimate of drug-likeness (QED) is 0.581. The second-order valence-electron chi connectivity index (χ2n) is 4.93. The first-order valence-electron chi connectivity index (χ1n) is 7.19. The van der Waals surface area contributed by atoms with E-state index in [1.165, 1.54) is 24.5 Å². The van der Waals surface area contributed by atoms with E-state index in [-0.39, 0.29) is 5.91 Å². The molecular formula is C18H14N2O3S. The lowest BCUT2D eigenvalue weighted by atomic mass is 10.2. The van der Waals surface area contributed by atoms with Gasteiger partial charge in [0.2, 0.25) is 5.91 Å². The molecule has 1 heterocycles. The first-order valence-corrected chi connectivity index (χ1v) is 8.00. The lowest BCUT2D eigenvalue weighted by Gasteiger charge is -1.97. The second-order valence-corrected chi connectivity index (χ2v) is 5.96. The fourth-order valence-electron chi connectivity index (χ4n) is 2.11. The summed E-state index contributed by atoms with van der Waals surface area (Å²) in [5.41, 5.74) is 2.12. The van der Waals surface area contributed by atoms with Gasteiger partial charge in [-0.3, -0.25) is 10.1 Å². The van der Waals surface area contributed by atoms with E-state index >= 15 is 0 Å². The number of hydrogen-bond acceptors (Lipinski definition) is 5. The Morgan fingerprint density at radius 2 is 1.96 bits per heavy atom. The Labute approximate surface area is 142 Å². The molecule has 0 saturated heterocycles. The number of fused-ring (bicyclic) bond motifs is 1. The summed E-state index contributed by atoms with van der Waals surface area (Å²) in [6.07, 6.45) is 3.19. The highest BCUT2D eigenvalue weighted by Gasteiger charge is 2.10. The zero-order valence-corrected chi connectivity index (χ0v) is 13.7. The molecule has 0 spiro atoms. The van der Waals surface area contributed by atoms with Gasteiger partial charge in [0.15, 0.2) is 5.13 Å². The van der Waals surface area contributed by atoms with E-state index in [0.29, 0.717) is 10.7 Å². The molecule has 0 saturated carbocycles. The zero-order chi connectivity index (χ0) is 16.9. The number of thiazole rings is 1. The van der Waals surface area contributed by atoms with Gasteiger partial charge < -0.3 is 4.74 Å². The number of rotatable bonds is 4. The molecule has 0 unspecified atom stereocenters. The van der Waals surface area contributed by atoms with E-state index in [1.54, 1.807) is 24.3 Å². The highest BCUT2D eigenvalue weighted by molar-refractivity contribution is 7.22. The van der Waals surface area contributed by atoms with Crippen molar-refractivity contribution in [3.8, 4) is 0 Å². The molecule has 1 amide bonds. The maximum absolute atomic E-state index is 12.0. The molecule has 0 radical (unpaired) electrons. The zero-order valence-electron chi connectivity index (χ0n) is 12.9. The third-order valence-corrected chi connectivity index (χ3v) is 4.20. The Morgan fingerprint density at radius 3 is 2.71 bits per heavy atom. The van der Waals surface area contributed by atoms with Crippen molar-refractivity contribution < 1.29 is 14.3 Å². The van der Waals surface area contributed by atoms with Crippen molar-refractivity contribution in [2.45, 2.75) is 0 Å². The minimum absolute atomic E-state index is 0.258. The summed E-state index contributed by atoms with van der Waals surface area (Å²) >= 11 is 1.30. The van der Waals surface area contributed by atoms with Crippen LogP contribution in [0.1, 0.15) is 15.9 Å². The molecule has 3 rings (SSSR count). The van der Waals surface area contributed by atoms with E-state index in [1.807, 2.05) is 30.3 Å². The summed E-state index contributed by atoms with van der Waals surface area (Å²) in [4.78, 5) is 27.9. The number of carbonyl (C=O) groups is 2. The number of anilines is 1. The molecule has 2 aromatic carbocycles. The lowest BCUT2D eigenvalue weighted by molar-refractivity contribution is -0.111. The summed E-state index contributed by atoms with van der Waals surface area (Å²) in [6.45, 7) is 0. The molecule has 0 atom stereocenters. The van der Waals surface area contributed by atoms with Crippen LogP contribution in [0.25, 0.3) is 16.3 Å². The maximum atomic E-state index is 12.0. The number of ether oxygens (including phenoxy) is 1. The van der Waals surface area contributed by atoms with Gasteiger partial charge in [-0.2, -0.15) is 0 Å². The number of amides is 1. The van der Waals surface area contributed by atoms with Crippen LogP contribution in [0.15, 0.2) is 54.6 Å². The SMILES string of the molecule is COC(=O)c1ccc2nc(NC(=O)C=Cc3ccccc3)sc2c1. The number of nitrogens with one attached hydrogen (secondary N) is 1. The fourth-order valence-corrected chi connectivity index (χ4v) is 3.01.